The average Bonchev–Trinajstić information content (AvgIpc) is 3.56. The number of aryl methyl sites for hydroxylation is 2. The molecule has 7 heteroatoms. The van der Waals surface area contributed by atoms with Crippen LogP contribution in [0, 0.1) is 18.8 Å². The number of fused-ring (bicyclic) bond motifs is 1. The zero-order valence-electron chi connectivity index (χ0n) is 18.5. The quantitative estimate of drug-likeness (QED) is 0.711. The first kappa shape index (κ1) is 22.0. The van der Waals surface area contributed by atoms with Gasteiger partial charge in [0.1, 0.15) is 0 Å². The van der Waals surface area contributed by atoms with Gasteiger partial charge in [-0.3, -0.25) is 4.79 Å². The summed E-state index contributed by atoms with van der Waals surface area (Å²) in [5, 5.41) is -0.263. The molecule has 30 heavy (non-hydrogen) atoms. The maximum Gasteiger partial charge on any atom is 0.254 e. The number of aromatic nitrogens is 1. The lowest BCUT2D eigenvalue weighted by atomic mass is 9.80. The van der Waals surface area contributed by atoms with Crippen molar-refractivity contribution in [1.82, 2.24) is 9.29 Å². The Morgan fingerprint density at radius 2 is 1.80 bits per heavy atom. The molecule has 0 bridgehead atoms. The van der Waals surface area contributed by atoms with Crippen LogP contribution in [0.1, 0.15) is 76.1 Å². The predicted molar refractivity (Wildman–Crippen MR) is 118 cm³/mol. The first-order valence-electron chi connectivity index (χ1n) is 11.6. The van der Waals surface area contributed by atoms with Gasteiger partial charge in [0.25, 0.3) is 5.56 Å². The molecule has 2 fully saturated rings. The highest BCUT2D eigenvalue weighted by Gasteiger charge is 2.40. The van der Waals surface area contributed by atoms with Crippen LogP contribution in [-0.2, 0) is 21.2 Å². The maximum atomic E-state index is 13.0. The van der Waals surface area contributed by atoms with Crippen molar-refractivity contribution >= 4 is 10.0 Å². The van der Waals surface area contributed by atoms with Crippen LogP contribution >= 0.6 is 0 Å². The van der Waals surface area contributed by atoms with E-state index >= 15 is 0 Å². The Hall–Kier alpha value is -1.18. The van der Waals surface area contributed by atoms with E-state index in [0.717, 1.165) is 37.3 Å². The monoisotopic (exact) mass is 436 g/mol. The lowest BCUT2D eigenvalue weighted by Crippen LogP contribution is -2.50. The molecule has 0 saturated heterocycles. The van der Waals surface area contributed by atoms with Crippen LogP contribution in [0.4, 0.5) is 0 Å². The summed E-state index contributed by atoms with van der Waals surface area (Å²) in [4.78, 5) is 13.0. The number of nitrogens with zero attached hydrogens (tertiary/aromatic N) is 1. The summed E-state index contributed by atoms with van der Waals surface area (Å²) in [6.07, 6.45) is 7.52. The fourth-order valence-electron chi connectivity index (χ4n) is 5.11. The van der Waals surface area contributed by atoms with Gasteiger partial charge in [0, 0.05) is 17.3 Å². The van der Waals surface area contributed by atoms with Gasteiger partial charge < -0.3 is 9.30 Å². The zero-order chi connectivity index (χ0) is 21.5. The standard InChI is InChI=1S/C23H36N2O4S/c1-15(2)17-5-9-19(10-6-17)29-14-22-21(24-30(27,28)20-11-12-20)13-8-18-7-4-16(3)23(26)25(18)22/h4,7,15,17,19-22,24H,5-6,8-14H2,1-3H3/t17?,19?,21-,22-/m0/s1. The van der Waals surface area contributed by atoms with E-state index in [1.54, 1.807) is 4.57 Å². The van der Waals surface area contributed by atoms with Gasteiger partial charge in [0.05, 0.1) is 24.0 Å². The average molecular weight is 437 g/mol. The van der Waals surface area contributed by atoms with E-state index in [9.17, 15) is 13.2 Å². The fraction of sp³-hybridized carbons (Fsp3) is 0.783. The lowest BCUT2D eigenvalue weighted by molar-refractivity contribution is -0.0103. The summed E-state index contributed by atoms with van der Waals surface area (Å²) in [6, 6.07) is 3.28. The van der Waals surface area contributed by atoms with Gasteiger partial charge >= 0.3 is 0 Å². The molecule has 1 aromatic rings. The second kappa shape index (κ2) is 8.75. The van der Waals surface area contributed by atoms with Crippen molar-refractivity contribution in [3.63, 3.8) is 0 Å². The number of ether oxygens (including phenoxy) is 1. The summed E-state index contributed by atoms with van der Waals surface area (Å²) in [5.41, 5.74) is 1.64. The number of pyridine rings is 1. The van der Waals surface area contributed by atoms with Gasteiger partial charge in [-0.1, -0.05) is 19.9 Å². The zero-order valence-corrected chi connectivity index (χ0v) is 19.3. The smallest absolute Gasteiger partial charge is 0.254 e. The summed E-state index contributed by atoms with van der Waals surface area (Å²) in [6.45, 7) is 6.77. The Kier molecular flexibility index (Phi) is 6.43. The molecular weight excluding hydrogens is 400 g/mol. The largest absolute Gasteiger partial charge is 0.376 e. The van der Waals surface area contributed by atoms with E-state index in [1.807, 2.05) is 19.1 Å². The molecule has 6 nitrogen and oxygen atoms in total. The lowest BCUT2D eigenvalue weighted by Gasteiger charge is -2.37. The predicted octanol–water partition coefficient (Wildman–Crippen LogP) is 3.33. The third kappa shape index (κ3) is 4.68. The molecule has 1 N–H and O–H groups in total. The van der Waals surface area contributed by atoms with Crippen LogP contribution in [-0.4, -0.2) is 37.0 Å². The summed E-state index contributed by atoms with van der Waals surface area (Å²) in [5.74, 6) is 1.47. The van der Waals surface area contributed by atoms with E-state index in [4.69, 9.17) is 4.74 Å². The Morgan fingerprint density at radius 3 is 2.43 bits per heavy atom. The third-order valence-electron chi connectivity index (χ3n) is 7.34. The molecule has 2 aliphatic carbocycles. The number of rotatable bonds is 7. The van der Waals surface area contributed by atoms with Crippen LogP contribution in [0.3, 0.4) is 0 Å². The molecule has 0 aromatic carbocycles. The van der Waals surface area contributed by atoms with Crippen LogP contribution in [0.15, 0.2) is 16.9 Å². The normalized spacial score (nSPS) is 29.7. The fourth-order valence-corrected chi connectivity index (χ4v) is 6.75. The van der Waals surface area contributed by atoms with Crippen molar-refractivity contribution in [3.05, 3.63) is 33.7 Å². The SMILES string of the molecule is Cc1ccc2n(c1=O)[C@@H](COC1CCC(C(C)C)CC1)[C@@H](NS(=O)(=O)C1CC1)CC2. The molecular formula is C23H36N2O4S. The second-order valence-electron chi connectivity index (χ2n) is 9.87. The van der Waals surface area contributed by atoms with Crippen molar-refractivity contribution in [2.45, 2.75) is 95.6 Å². The van der Waals surface area contributed by atoms with Crippen molar-refractivity contribution in [2.75, 3.05) is 6.61 Å². The highest BCUT2D eigenvalue weighted by atomic mass is 32.2. The van der Waals surface area contributed by atoms with Gasteiger partial charge in [-0.2, -0.15) is 0 Å². The van der Waals surface area contributed by atoms with Gasteiger partial charge in [-0.15, -0.1) is 0 Å². The Morgan fingerprint density at radius 1 is 1.10 bits per heavy atom. The number of sulfonamides is 1. The Balaban J connectivity index is 1.52. The molecule has 0 spiro atoms. The molecule has 2 atom stereocenters. The van der Waals surface area contributed by atoms with Crippen LogP contribution in [0.25, 0.3) is 0 Å². The van der Waals surface area contributed by atoms with E-state index in [-0.39, 0.29) is 29.0 Å². The van der Waals surface area contributed by atoms with Crippen LogP contribution in [0.5, 0.6) is 0 Å². The molecule has 0 amide bonds. The first-order valence-corrected chi connectivity index (χ1v) is 13.1. The molecule has 1 aliphatic heterocycles. The third-order valence-corrected chi connectivity index (χ3v) is 9.32. The van der Waals surface area contributed by atoms with Gasteiger partial charge in [0.15, 0.2) is 0 Å². The van der Waals surface area contributed by atoms with Gasteiger partial charge in [-0.25, -0.2) is 13.1 Å². The maximum absolute atomic E-state index is 13.0. The van der Waals surface area contributed by atoms with Gasteiger partial charge in [0.2, 0.25) is 10.0 Å². The Labute approximate surface area is 180 Å². The number of nitrogens with one attached hydrogen (secondary N) is 1. The van der Waals surface area contributed by atoms with Gasteiger partial charge in [-0.05, 0) is 76.2 Å². The number of hydrogen-bond donors (Lipinski definition) is 1. The highest BCUT2D eigenvalue weighted by molar-refractivity contribution is 7.90. The van der Waals surface area contributed by atoms with Crippen LogP contribution < -0.4 is 10.3 Å². The van der Waals surface area contributed by atoms with E-state index < -0.39 is 10.0 Å². The Bertz CT molecular complexity index is 912. The second-order valence-corrected chi connectivity index (χ2v) is 11.9. The first-order chi connectivity index (χ1) is 14.3. The molecule has 168 valence electrons. The van der Waals surface area contributed by atoms with E-state index in [0.29, 0.717) is 30.9 Å². The summed E-state index contributed by atoms with van der Waals surface area (Å²) in [7, 11) is -3.33. The molecule has 3 aliphatic rings. The molecule has 2 saturated carbocycles. The number of hydrogen-bond acceptors (Lipinski definition) is 4. The minimum Gasteiger partial charge on any atom is -0.376 e. The molecule has 0 radical (unpaired) electrons. The van der Waals surface area contributed by atoms with Crippen molar-refractivity contribution in [1.29, 1.82) is 0 Å². The highest BCUT2D eigenvalue weighted by Crippen LogP contribution is 2.34. The van der Waals surface area contributed by atoms with Crippen molar-refractivity contribution < 1.29 is 13.2 Å². The minimum atomic E-state index is -3.33. The van der Waals surface area contributed by atoms with E-state index in [1.165, 1.54) is 12.8 Å². The minimum absolute atomic E-state index is 0.0278. The van der Waals surface area contributed by atoms with Crippen molar-refractivity contribution in [3.8, 4) is 0 Å². The molecule has 1 aromatic heterocycles. The van der Waals surface area contributed by atoms with Crippen molar-refractivity contribution in [2.24, 2.45) is 11.8 Å². The topological polar surface area (TPSA) is 77.4 Å². The summed E-state index contributed by atoms with van der Waals surface area (Å²) < 4.78 is 36.3. The molecule has 0 unspecified atom stereocenters. The summed E-state index contributed by atoms with van der Waals surface area (Å²) >= 11 is 0. The van der Waals surface area contributed by atoms with Crippen LogP contribution in [0.2, 0.25) is 0 Å². The van der Waals surface area contributed by atoms with E-state index in [2.05, 4.69) is 18.6 Å². The molecule has 4 rings (SSSR count). The molecule has 2 heterocycles.